The van der Waals surface area contributed by atoms with Gasteiger partial charge in [0.25, 0.3) is 0 Å². The summed E-state index contributed by atoms with van der Waals surface area (Å²) in [5.74, 6) is -1.17. The van der Waals surface area contributed by atoms with Gasteiger partial charge in [-0.05, 0) is 17.9 Å². The van der Waals surface area contributed by atoms with Gasteiger partial charge in [-0.3, -0.25) is 9.59 Å². The SMILES string of the molecule is CC1CC(C(=O)O)CN(C(=O)C2NNC(c3ccccc3)C2Br)C1. The van der Waals surface area contributed by atoms with Crippen molar-refractivity contribution in [1.82, 2.24) is 15.8 Å². The quantitative estimate of drug-likeness (QED) is 0.676. The maximum absolute atomic E-state index is 12.9. The number of carbonyl (C=O) groups is 2. The highest BCUT2D eigenvalue weighted by Crippen LogP contribution is 2.31. The lowest BCUT2D eigenvalue weighted by molar-refractivity contribution is -0.147. The largest absolute Gasteiger partial charge is 0.481 e. The van der Waals surface area contributed by atoms with E-state index in [0.29, 0.717) is 13.0 Å². The van der Waals surface area contributed by atoms with Gasteiger partial charge in [-0.2, -0.15) is 0 Å². The third-order valence-corrected chi connectivity index (χ3v) is 5.83. The molecule has 1 aromatic rings. The minimum absolute atomic E-state index is 0.0161. The van der Waals surface area contributed by atoms with Gasteiger partial charge in [-0.1, -0.05) is 53.2 Å². The first-order valence-electron chi connectivity index (χ1n) is 8.19. The maximum Gasteiger partial charge on any atom is 0.308 e. The van der Waals surface area contributed by atoms with E-state index in [-0.39, 0.29) is 29.2 Å². The van der Waals surface area contributed by atoms with Crippen molar-refractivity contribution in [3.05, 3.63) is 35.9 Å². The monoisotopic (exact) mass is 395 g/mol. The van der Waals surface area contributed by atoms with Crippen LogP contribution in [-0.2, 0) is 9.59 Å². The summed E-state index contributed by atoms with van der Waals surface area (Å²) < 4.78 is 0. The van der Waals surface area contributed by atoms with E-state index in [1.165, 1.54) is 0 Å². The number of aliphatic carboxylic acids is 1. The number of likely N-dealkylation sites (tertiary alicyclic amines) is 1. The predicted molar refractivity (Wildman–Crippen MR) is 93.4 cm³/mol. The highest BCUT2D eigenvalue weighted by molar-refractivity contribution is 9.09. The van der Waals surface area contributed by atoms with Crippen LogP contribution < -0.4 is 10.9 Å². The van der Waals surface area contributed by atoms with Crippen LogP contribution in [0.2, 0.25) is 0 Å². The number of alkyl halides is 1. The number of piperidine rings is 1. The van der Waals surface area contributed by atoms with E-state index >= 15 is 0 Å². The topological polar surface area (TPSA) is 81.7 Å². The first kappa shape index (κ1) is 17.4. The molecule has 5 atom stereocenters. The van der Waals surface area contributed by atoms with Gasteiger partial charge >= 0.3 is 5.97 Å². The Morgan fingerprint density at radius 3 is 2.58 bits per heavy atom. The summed E-state index contributed by atoms with van der Waals surface area (Å²) >= 11 is 3.65. The Balaban J connectivity index is 1.70. The smallest absolute Gasteiger partial charge is 0.308 e. The summed E-state index contributed by atoms with van der Waals surface area (Å²) in [6, 6.07) is 9.49. The van der Waals surface area contributed by atoms with Gasteiger partial charge < -0.3 is 10.0 Å². The number of carbonyl (C=O) groups excluding carboxylic acids is 1. The van der Waals surface area contributed by atoms with Gasteiger partial charge in [0.05, 0.1) is 16.8 Å². The Labute approximate surface area is 149 Å². The molecule has 0 spiro atoms. The normalized spacial score (nSPS) is 33.4. The third kappa shape index (κ3) is 3.48. The van der Waals surface area contributed by atoms with Gasteiger partial charge in [0.15, 0.2) is 0 Å². The van der Waals surface area contributed by atoms with Crippen LogP contribution in [0.25, 0.3) is 0 Å². The molecule has 1 aromatic carbocycles. The summed E-state index contributed by atoms with van der Waals surface area (Å²) in [5.41, 5.74) is 7.35. The number of carboxylic acid groups (broad SMARTS) is 1. The zero-order valence-electron chi connectivity index (χ0n) is 13.5. The predicted octanol–water partition coefficient (Wildman–Crippen LogP) is 1.54. The molecule has 24 heavy (non-hydrogen) atoms. The highest BCUT2D eigenvalue weighted by atomic mass is 79.9. The highest BCUT2D eigenvalue weighted by Gasteiger charge is 2.43. The first-order valence-corrected chi connectivity index (χ1v) is 9.10. The first-order chi connectivity index (χ1) is 11.5. The summed E-state index contributed by atoms with van der Waals surface area (Å²) in [6.07, 6.45) is 0.625. The van der Waals surface area contributed by atoms with Crippen molar-refractivity contribution in [2.75, 3.05) is 13.1 Å². The lowest BCUT2D eigenvalue weighted by Gasteiger charge is -2.36. The fraction of sp³-hybridized carbons (Fsp3) is 0.529. The summed E-state index contributed by atoms with van der Waals surface area (Å²) in [4.78, 5) is 25.8. The summed E-state index contributed by atoms with van der Waals surface area (Å²) in [5, 5.41) is 9.29. The molecule has 2 aliphatic rings. The number of nitrogens with zero attached hydrogens (tertiary/aromatic N) is 1. The minimum Gasteiger partial charge on any atom is -0.481 e. The molecule has 0 aromatic heterocycles. The van der Waals surface area contributed by atoms with Crippen LogP contribution in [0.3, 0.4) is 0 Å². The number of amides is 1. The van der Waals surface area contributed by atoms with Crippen molar-refractivity contribution in [3.63, 3.8) is 0 Å². The molecule has 5 unspecified atom stereocenters. The zero-order chi connectivity index (χ0) is 17.3. The molecule has 3 N–H and O–H groups in total. The minimum atomic E-state index is -0.825. The van der Waals surface area contributed by atoms with Crippen LogP contribution in [0, 0.1) is 11.8 Å². The second-order valence-electron chi connectivity index (χ2n) is 6.72. The number of rotatable bonds is 3. The van der Waals surface area contributed by atoms with Crippen molar-refractivity contribution >= 4 is 27.8 Å². The Morgan fingerprint density at radius 2 is 1.92 bits per heavy atom. The number of carboxylic acids is 1. The van der Waals surface area contributed by atoms with E-state index in [1.807, 2.05) is 37.3 Å². The molecule has 2 saturated heterocycles. The van der Waals surface area contributed by atoms with Crippen molar-refractivity contribution in [1.29, 1.82) is 0 Å². The molecular weight excluding hydrogens is 374 g/mol. The van der Waals surface area contributed by atoms with Crippen LogP contribution in [-0.4, -0.2) is 45.8 Å². The average Bonchev–Trinajstić information content (AvgIpc) is 2.96. The number of halogens is 1. The fourth-order valence-corrected chi connectivity index (χ4v) is 4.36. The van der Waals surface area contributed by atoms with Gasteiger partial charge in [0.2, 0.25) is 5.91 Å². The lowest BCUT2D eigenvalue weighted by atomic mass is 9.90. The van der Waals surface area contributed by atoms with E-state index in [2.05, 4.69) is 26.8 Å². The molecule has 7 heteroatoms. The molecule has 2 aliphatic heterocycles. The molecular formula is C17H22BrN3O3. The number of hydrogen-bond donors (Lipinski definition) is 3. The van der Waals surface area contributed by atoms with Gasteiger partial charge in [-0.25, -0.2) is 10.9 Å². The van der Waals surface area contributed by atoms with Crippen LogP contribution in [0.4, 0.5) is 0 Å². The molecule has 0 saturated carbocycles. The van der Waals surface area contributed by atoms with Crippen LogP contribution in [0.1, 0.15) is 24.9 Å². The van der Waals surface area contributed by atoms with Crippen LogP contribution >= 0.6 is 15.9 Å². The Kier molecular flexibility index (Phi) is 5.22. The fourth-order valence-electron chi connectivity index (χ4n) is 3.56. The van der Waals surface area contributed by atoms with E-state index in [1.54, 1.807) is 4.90 Å². The van der Waals surface area contributed by atoms with Crippen molar-refractivity contribution in [3.8, 4) is 0 Å². The number of benzene rings is 1. The Bertz CT molecular complexity index is 612. The third-order valence-electron chi connectivity index (χ3n) is 4.78. The Hall–Kier alpha value is -1.44. The van der Waals surface area contributed by atoms with E-state index in [4.69, 9.17) is 0 Å². The second-order valence-corrected chi connectivity index (χ2v) is 7.78. The summed E-state index contributed by atoms with van der Waals surface area (Å²) in [6.45, 7) is 2.89. The molecule has 2 heterocycles. The van der Waals surface area contributed by atoms with Gasteiger partial charge in [0.1, 0.15) is 6.04 Å². The lowest BCUT2D eigenvalue weighted by Crippen LogP contribution is -2.53. The average molecular weight is 396 g/mol. The van der Waals surface area contributed by atoms with Crippen LogP contribution in [0.5, 0.6) is 0 Å². The van der Waals surface area contributed by atoms with E-state index in [9.17, 15) is 14.7 Å². The molecule has 0 aliphatic carbocycles. The maximum atomic E-state index is 12.9. The summed E-state index contributed by atoms with van der Waals surface area (Å²) in [7, 11) is 0. The number of hydrazine groups is 1. The second kappa shape index (κ2) is 7.21. The zero-order valence-corrected chi connectivity index (χ0v) is 15.1. The van der Waals surface area contributed by atoms with Crippen molar-refractivity contribution in [2.24, 2.45) is 11.8 Å². The molecule has 0 radical (unpaired) electrons. The van der Waals surface area contributed by atoms with Gasteiger partial charge in [0, 0.05) is 13.1 Å². The number of hydrogen-bond acceptors (Lipinski definition) is 4. The van der Waals surface area contributed by atoms with Crippen molar-refractivity contribution < 1.29 is 14.7 Å². The number of nitrogens with one attached hydrogen (secondary N) is 2. The molecule has 3 rings (SSSR count). The van der Waals surface area contributed by atoms with Crippen LogP contribution in [0.15, 0.2) is 30.3 Å². The molecule has 1 amide bonds. The van der Waals surface area contributed by atoms with E-state index in [0.717, 1.165) is 5.56 Å². The van der Waals surface area contributed by atoms with E-state index < -0.39 is 17.9 Å². The molecule has 6 nitrogen and oxygen atoms in total. The molecule has 130 valence electrons. The molecule has 0 bridgehead atoms. The Morgan fingerprint density at radius 1 is 1.21 bits per heavy atom. The van der Waals surface area contributed by atoms with Crippen molar-refractivity contribution in [2.45, 2.75) is 30.3 Å². The molecule has 2 fully saturated rings. The standard InChI is InChI=1S/C17H22BrN3O3/c1-10-7-12(17(23)24)9-21(8-10)16(22)15-13(18)14(19-20-15)11-5-3-2-4-6-11/h2-6,10,12-15,19-20H,7-9H2,1H3,(H,23,24). The van der Waals surface area contributed by atoms with Gasteiger partial charge in [-0.15, -0.1) is 0 Å².